The van der Waals surface area contributed by atoms with E-state index in [-0.39, 0.29) is 22.6 Å². The Morgan fingerprint density at radius 3 is 2.55 bits per heavy atom. The molecule has 0 saturated heterocycles. The lowest BCUT2D eigenvalue weighted by Gasteiger charge is -2.16. The molecule has 0 bridgehead atoms. The van der Waals surface area contributed by atoms with Crippen LogP contribution >= 0.6 is 0 Å². The van der Waals surface area contributed by atoms with Gasteiger partial charge >= 0.3 is 0 Å². The molecule has 1 aromatic carbocycles. The molecule has 7 heteroatoms. The van der Waals surface area contributed by atoms with Gasteiger partial charge in [-0.3, -0.25) is 19.7 Å². The molecule has 0 spiro atoms. The first-order valence-electron chi connectivity index (χ1n) is 7.02. The standard InChI is InChI=1S/C15H17N3O4/c1-4-16-14-11-8-10(18(21)22)6-7-12(11)17(5-2)15(20)13(14)9(3)19/h6-8,16H,4-5H2,1-3H3. The van der Waals surface area contributed by atoms with E-state index in [4.69, 9.17) is 0 Å². The molecule has 116 valence electrons. The average Bonchev–Trinajstić information content (AvgIpc) is 2.46. The number of aromatic nitrogens is 1. The van der Waals surface area contributed by atoms with Crippen LogP contribution in [0.1, 0.15) is 31.1 Å². The van der Waals surface area contributed by atoms with Gasteiger partial charge in [0, 0.05) is 30.6 Å². The number of non-ortho nitro benzene ring substituents is 1. The molecule has 1 aromatic heterocycles. The number of nitro groups is 1. The van der Waals surface area contributed by atoms with E-state index in [1.54, 1.807) is 13.0 Å². The zero-order valence-corrected chi connectivity index (χ0v) is 12.7. The normalized spacial score (nSPS) is 10.7. The Morgan fingerprint density at radius 2 is 2.05 bits per heavy atom. The summed E-state index contributed by atoms with van der Waals surface area (Å²) in [4.78, 5) is 35.0. The first-order valence-corrected chi connectivity index (χ1v) is 7.02. The maximum atomic E-state index is 12.5. The van der Waals surface area contributed by atoms with E-state index in [1.165, 1.54) is 23.6 Å². The lowest BCUT2D eigenvalue weighted by atomic mass is 10.0. The van der Waals surface area contributed by atoms with Gasteiger partial charge < -0.3 is 9.88 Å². The summed E-state index contributed by atoms with van der Waals surface area (Å²) in [5.41, 5.74) is 0.508. The fourth-order valence-corrected chi connectivity index (χ4v) is 2.56. The third-order valence-electron chi connectivity index (χ3n) is 3.48. The van der Waals surface area contributed by atoms with Gasteiger partial charge in [0.1, 0.15) is 5.56 Å². The van der Waals surface area contributed by atoms with Gasteiger partial charge in [-0.25, -0.2) is 0 Å². The quantitative estimate of drug-likeness (QED) is 0.520. The van der Waals surface area contributed by atoms with Gasteiger partial charge in [0.25, 0.3) is 11.2 Å². The molecule has 0 aliphatic carbocycles. The first-order chi connectivity index (χ1) is 10.4. The molecule has 0 saturated carbocycles. The van der Waals surface area contributed by atoms with Crippen LogP contribution in [0.4, 0.5) is 11.4 Å². The minimum atomic E-state index is -0.496. The number of benzene rings is 1. The Morgan fingerprint density at radius 1 is 1.36 bits per heavy atom. The van der Waals surface area contributed by atoms with Crippen molar-refractivity contribution in [2.24, 2.45) is 0 Å². The number of anilines is 1. The lowest BCUT2D eigenvalue weighted by Crippen LogP contribution is -2.27. The molecule has 0 amide bonds. The molecular weight excluding hydrogens is 286 g/mol. The highest BCUT2D eigenvalue weighted by Gasteiger charge is 2.20. The van der Waals surface area contributed by atoms with E-state index in [0.29, 0.717) is 29.7 Å². The highest BCUT2D eigenvalue weighted by atomic mass is 16.6. The van der Waals surface area contributed by atoms with E-state index in [9.17, 15) is 19.7 Å². The van der Waals surface area contributed by atoms with Crippen molar-refractivity contribution in [2.45, 2.75) is 27.3 Å². The molecule has 0 aliphatic rings. The van der Waals surface area contributed by atoms with Gasteiger partial charge in [-0.1, -0.05) is 0 Å². The number of hydrogen-bond donors (Lipinski definition) is 1. The summed E-state index contributed by atoms with van der Waals surface area (Å²) in [7, 11) is 0. The van der Waals surface area contributed by atoms with Crippen LogP contribution in [0.5, 0.6) is 0 Å². The SMILES string of the molecule is CCNc1c(C(C)=O)c(=O)n(CC)c2ccc([N+](=O)[O-])cc12. The van der Waals surface area contributed by atoms with Crippen LogP contribution in [0.25, 0.3) is 10.9 Å². The number of fused-ring (bicyclic) bond motifs is 1. The molecular formula is C15H17N3O4. The monoisotopic (exact) mass is 303 g/mol. The van der Waals surface area contributed by atoms with Crippen molar-refractivity contribution < 1.29 is 9.72 Å². The maximum Gasteiger partial charge on any atom is 0.270 e. The molecule has 1 heterocycles. The van der Waals surface area contributed by atoms with Crippen molar-refractivity contribution in [3.05, 3.63) is 44.2 Å². The van der Waals surface area contributed by atoms with Crippen LogP contribution in [0.15, 0.2) is 23.0 Å². The zero-order valence-electron chi connectivity index (χ0n) is 12.7. The van der Waals surface area contributed by atoms with E-state index in [1.807, 2.05) is 6.92 Å². The van der Waals surface area contributed by atoms with Gasteiger partial charge in [-0.05, 0) is 26.8 Å². The Bertz CT molecular complexity index is 824. The Balaban J connectivity index is 3.02. The van der Waals surface area contributed by atoms with Gasteiger partial charge in [0.2, 0.25) is 0 Å². The van der Waals surface area contributed by atoms with Crippen LogP contribution in [0.2, 0.25) is 0 Å². The molecule has 2 rings (SSSR count). The molecule has 0 fully saturated rings. The number of Topliss-reactive ketones (excluding diaryl/α,β-unsaturated/α-hetero) is 1. The minimum Gasteiger partial charge on any atom is -0.384 e. The first kappa shape index (κ1) is 15.7. The van der Waals surface area contributed by atoms with E-state index < -0.39 is 4.92 Å². The molecule has 7 nitrogen and oxygen atoms in total. The number of nitrogens with one attached hydrogen (secondary N) is 1. The smallest absolute Gasteiger partial charge is 0.270 e. The van der Waals surface area contributed by atoms with Crippen molar-refractivity contribution in [2.75, 3.05) is 11.9 Å². The van der Waals surface area contributed by atoms with Crippen molar-refractivity contribution >= 4 is 28.1 Å². The van der Waals surface area contributed by atoms with E-state index in [2.05, 4.69) is 5.32 Å². The van der Waals surface area contributed by atoms with Gasteiger partial charge in [-0.2, -0.15) is 0 Å². The van der Waals surface area contributed by atoms with Crippen LogP contribution in [-0.4, -0.2) is 21.8 Å². The summed E-state index contributed by atoms with van der Waals surface area (Å²) in [6, 6.07) is 4.30. The predicted octanol–water partition coefficient (Wildman–Crippen LogP) is 2.56. The van der Waals surface area contributed by atoms with Gasteiger partial charge in [-0.15, -0.1) is 0 Å². The van der Waals surface area contributed by atoms with Crippen LogP contribution < -0.4 is 10.9 Å². The summed E-state index contributed by atoms with van der Waals surface area (Å²) < 4.78 is 1.45. The number of hydrogen-bond acceptors (Lipinski definition) is 5. The van der Waals surface area contributed by atoms with Gasteiger partial charge in [0.05, 0.1) is 16.1 Å². The van der Waals surface area contributed by atoms with Crippen LogP contribution in [-0.2, 0) is 6.54 Å². The van der Waals surface area contributed by atoms with Crippen molar-refractivity contribution in [1.82, 2.24) is 4.57 Å². The fraction of sp³-hybridized carbons (Fsp3) is 0.333. The molecule has 1 N–H and O–H groups in total. The van der Waals surface area contributed by atoms with Crippen molar-refractivity contribution in [3.63, 3.8) is 0 Å². The highest BCUT2D eigenvalue weighted by molar-refractivity contribution is 6.07. The average molecular weight is 303 g/mol. The van der Waals surface area contributed by atoms with Crippen LogP contribution in [0.3, 0.4) is 0 Å². The van der Waals surface area contributed by atoms with Gasteiger partial charge in [0.15, 0.2) is 5.78 Å². The maximum absolute atomic E-state index is 12.5. The summed E-state index contributed by atoms with van der Waals surface area (Å²) in [5, 5.41) is 14.5. The second-order valence-electron chi connectivity index (χ2n) is 4.84. The molecule has 22 heavy (non-hydrogen) atoms. The van der Waals surface area contributed by atoms with Crippen molar-refractivity contribution in [3.8, 4) is 0 Å². The second-order valence-corrected chi connectivity index (χ2v) is 4.84. The van der Waals surface area contributed by atoms with Crippen LogP contribution in [0, 0.1) is 10.1 Å². The molecule has 0 atom stereocenters. The zero-order chi connectivity index (χ0) is 16.4. The number of carbonyl (C=O) groups excluding carboxylic acids is 1. The second kappa shape index (κ2) is 5.97. The topological polar surface area (TPSA) is 94.2 Å². The predicted molar refractivity (Wildman–Crippen MR) is 84.7 cm³/mol. The number of nitro benzene ring substituents is 1. The minimum absolute atomic E-state index is 0.0386. The summed E-state index contributed by atoms with van der Waals surface area (Å²) in [6.45, 7) is 5.81. The Labute approximate surface area is 126 Å². The van der Waals surface area contributed by atoms with E-state index in [0.717, 1.165) is 0 Å². The molecule has 0 unspecified atom stereocenters. The number of aryl methyl sites for hydroxylation is 1. The third kappa shape index (κ3) is 2.45. The summed E-state index contributed by atoms with van der Waals surface area (Å²) in [6.07, 6.45) is 0. The Kier molecular flexibility index (Phi) is 4.25. The Hall–Kier alpha value is -2.70. The number of nitrogens with zero attached hydrogens (tertiary/aromatic N) is 2. The number of ketones is 1. The third-order valence-corrected chi connectivity index (χ3v) is 3.48. The number of rotatable bonds is 5. The summed E-state index contributed by atoms with van der Waals surface area (Å²) in [5.74, 6) is -0.364. The lowest BCUT2D eigenvalue weighted by molar-refractivity contribution is -0.384. The van der Waals surface area contributed by atoms with E-state index >= 15 is 0 Å². The number of carbonyl (C=O) groups is 1. The summed E-state index contributed by atoms with van der Waals surface area (Å²) >= 11 is 0. The molecule has 0 radical (unpaired) electrons. The largest absolute Gasteiger partial charge is 0.384 e. The highest BCUT2D eigenvalue weighted by Crippen LogP contribution is 2.29. The molecule has 2 aromatic rings. The molecule has 0 aliphatic heterocycles. The number of pyridine rings is 1. The van der Waals surface area contributed by atoms with Crippen molar-refractivity contribution in [1.29, 1.82) is 0 Å². The fourth-order valence-electron chi connectivity index (χ4n) is 2.56.